The summed E-state index contributed by atoms with van der Waals surface area (Å²) in [6.45, 7) is 5.14. The fraction of sp³-hybridized carbons (Fsp3) is 0.923. The quantitative estimate of drug-likeness (QED) is 0.727. The number of nitrogens with zero attached hydrogens (tertiary/aromatic N) is 2. The van der Waals surface area contributed by atoms with E-state index in [0.29, 0.717) is 0 Å². The first-order chi connectivity index (χ1) is 8.33. The smallest absolute Gasteiger partial charge is 0.209 e. The zero-order chi connectivity index (χ0) is 12.1. The van der Waals surface area contributed by atoms with Crippen LogP contribution >= 0.6 is 0 Å². The first kappa shape index (κ1) is 12.8. The predicted molar refractivity (Wildman–Crippen MR) is 68.9 cm³/mol. The van der Waals surface area contributed by atoms with Crippen molar-refractivity contribution in [1.82, 2.24) is 15.1 Å². The van der Waals surface area contributed by atoms with Crippen molar-refractivity contribution in [2.24, 2.45) is 5.92 Å². The van der Waals surface area contributed by atoms with Gasteiger partial charge in [-0.2, -0.15) is 0 Å². The third-order valence-corrected chi connectivity index (χ3v) is 4.32. The van der Waals surface area contributed by atoms with Crippen LogP contribution in [-0.4, -0.2) is 62.0 Å². The standard InChI is InChI=1S/C13H25N3O/c1-14-10-12-2-4-13(5-3-12)16-8-6-15(11-17)7-9-16/h11-14H,2-10H2,1H3. The number of piperazine rings is 1. The Hall–Kier alpha value is -0.610. The highest BCUT2D eigenvalue weighted by Gasteiger charge is 2.27. The summed E-state index contributed by atoms with van der Waals surface area (Å²) in [5.74, 6) is 0.882. The second-order valence-electron chi connectivity index (χ2n) is 5.41. The lowest BCUT2D eigenvalue weighted by atomic mass is 9.85. The first-order valence-electron chi connectivity index (χ1n) is 6.91. The summed E-state index contributed by atoms with van der Waals surface area (Å²) >= 11 is 0. The highest BCUT2D eigenvalue weighted by atomic mass is 16.1. The maximum Gasteiger partial charge on any atom is 0.209 e. The second kappa shape index (κ2) is 6.36. The Morgan fingerprint density at radius 3 is 2.29 bits per heavy atom. The van der Waals surface area contributed by atoms with E-state index in [0.717, 1.165) is 44.5 Å². The van der Waals surface area contributed by atoms with Crippen molar-refractivity contribution < 1.29 is 4.79 Å². The molecule has 1 aliphatic heterocycles. The molecule has 4 heteroatoms. The molecule has 2 aliphatic rings. The second-order valence-corrected chi connectivity index (χ2v) is 5.41. The molecule has 0 radical (unpaired) electrons. The molecule has 2 fully saturated rings. The molecule has 98 valence electrons. The van der Waals surface area contributed by atoms with Crippen LogP contribution in [0, 0.1) is 5.92 Å². The monoisotopic (exact) mass is 239 g/mol. The minimum Gasteiger partial charge on any atom is -0.343 e. The van der Waals surface area contributed by atoms with Crippen molar-refractivity contribution >= 4 is 6.41 Å². The largest absolute Gasteiger partial charge is 0.343 e. The summed E-state index contributed by atoms with van der Waals surface area (Å²) in [6, 6.07) is 0.775. The van der Waals surface area contributed by atoms with Crippen LogP contribution in [0.3, 0.4) is 0 Å². The number of amides is 1. The Bertz CT molecular complexity index is 231. The lowest BCUT2D eigenvalue weighted by Crippen LogP contribution is -2.50. The Kier molecular flexibility index (Phi) is 4.80. The summed E-state index contributed by atoms with van der Waals surface area (Å²) in [5.41, 5.74) is 0. The van der Waals surface area contributed by atoms with Gasteiger partial charge >= 0.3 is 0 Å². The van der Waals surface area contributed by atoms with Crippen LogP contribution in [0.1, 0.15) is 25.7 Å². The molecule has 4 nitrogen and oxygen atoms in total. The zero-order valence-corrected chi connectivity index (χ0v) is 10.9. The number of hydrogen-bond donors (Lipinski definition) is 1. The number of carbonyl (C=O) groups is 1. The van der Waals surface area contributed by atoms with E-state index in [1.807, 2.05) is 11.9 Å². The number of carbonyl (C=O) groups excluding carboxylic acids is 1. The summed E-state index contributed by atoms with van der Waals surface area (Å²) in [7, 11) is 2.05. The van der Waals surface area contributed by atoms with Crippen molar-refractivity contribution in [2.45, 2.75) is 31.7 Å². The van der Waals surface area contributed by atoms with Gasteiger partial charge in [-0.3, -0.25) is 9.69 Å². The molecule has 0 aromatic heterocycles. The third kappa shape index (κ3) is 3.42. The number of rotatable bonds is 4. The van der Waals surface area contributed by atoms with E-state index in [2.05, 4.69) is 10.2 Å². The van der Waals surface area contributed by atoms with Gasteiger partial charge in [-0.15, -0.1) is 0 Å². The summed E-state index contributed by atoms with van der Waals surface area (Å²) in [6.07, 6.45) is 6.39. The zero-order valence-electron chi connectivity index (χ0n) is 10.9. The molecule has 1 saturated heterocycles. The highest BCUT2D eigenvalue weighted by molar-refractivity contribution is 5.47. The van der Waals surface area contributed by atoms with Crippen molar-refractivity contribution in [3.05, 3.63) is 0 Å². The Balaban J connectivity index is 1.72. The van der Waals surface area contributed by atoms with Crippen LogP contribution in [0.25, 0.3) is 0 Å². The minimum atomic E-state index is 0.775. The molecule has 1 heterocycles. The molecule has 1 N–H and O–H groups in total. The van der Waals surface area contributed by atoms with Crippen molar-refractivity contribution in [3.63, 3.8) is 0 Å². The molecule has 0 atom stereocenters. The summed E-state index contributed by atoms with van der Waals surface area (Å²) in [5, 5.41) is 3.29. The predicted octanol–water partition coefficient (Wildman–Crippen LogP) is 0.539. The maximum absolute atomic E-state index is 10.7. The normalized spacial score (nSPS) is 31.5. The Morgan fingerprint density at radius 2 is 1.76 bits per heavy atom. The number of nitrogens with one attached hydrogen (secondary N) is 1. The van der Waals surface area contributed by atoms with E-state index < -0.39 is 0 Å². The first-order valence-corrected chi connectivity index (χ1v) is 6.91. The van der Waals surface area contributed by atoms with E-state index in [4.69, 9.17) is 0 Å². The van der Waals surface area contributed by atoms with Gasteiger partial charge in [-0.1, -0.05) is 0 Å². The molecule has 17 heavy (non-hydrogen) atoms. The minimum absolute atomic E-state index is 0.775. The topological polar surface area (TPSA) is 35.6 Å². The fourth-order valence-corrected chi connectivity index (χ4v) is 3.21. The fourth-order valence-electron chi connectivity index (χ4n) is 3.21. The molecule has 1 saturated carbocycles. The van der Waals surface area contributed by atoms with Crippen LogP contribution in [0.2, 0.25) is 0 Å². The highest BCUT2D eigenvalue weighted by Crippen LogP contribution is 2.27. The Morgan fingerprint density at radius 1 is 1.12 bits per heavy atom. The van der Waals surface area contributed by atoms with Crippen LogP contribution in [0.15, 0.2) is 0 Å². The molecule has 0 aromatic carbocycles. The molecule has 2 rings (SSSR count). The average molecular weight is 239 g/mol. The maximum atomic E-state index is 10.7. The van der Waals surface area contributed by atoms with Gasteiger partial charge in [0.2, 0.25) is 6.41 Å². The molecule has 0 unspecified atom stereocenters. The average Bonchev–Trinajstić information content (AvgIpc) is 2.40. The Labute approximate surface area is 104 Å². The van der Waals surface area contributed by atoms with Gasteiger partial charge in [0.25, 0.3) is 0 Å². The molecule has 0 spiro atoms. The third-order valence-electron chi connectivity index (χ3n) is 4.32. The lowest BCUT2D eigenvalue weighted by molar-refractivity contribution is -0.120. The van der Waals surface area contributed by atoms with E-state index in [1.54, 1.807) is 0 Å². The molecule has 1 amide bonds. The van der Waals surface area contributed by atoms with Gasteiger partial charge in [-0.25, -0.2) is 0 Å². The van der Waals surface area contributed by atoms with Gasteiger partial charge in [0, 0.05) is 32.2 Å². The molecular weight excluding hydrogens is 214 g/mol. The van der Waals surface area contributed by atoms with Crippen LogP contribution in [0.4, 0.5) is 0 Å². The van der Waals surface area contributed by atoms with E-state index in [-0.39, 0.29) is 0 Å². The van der Waals surface area contributed by atoms with Crippen LogP contribution in [-0.2, 0) is 4.79 Å². The molecule has 0 bridgehead atoms. The van der Waals surface area contributed by atoms with Crippen LogP contribution < -0.4 is 5.32 Å². The summed E-state index contributed by atoms with van der Waals surface area (Å²) < 4.78 is 0. The van der Waals surface area contributed by atoms with Gasteiger partial charge in [0.05, 0.1) is 0 Å². The van der Waals surface area contributed by atoms with Crippen molar-refractivity contribution in [3.8, 4) is 0 Å². The van der Waals surface area contributed by atoms with Crippen molar-refractivity contribution in [1.29, 1.82) is 0 Å². The van der Waals surface area contributed by atoms with E-state index in [9.17, 15) is 4.79 Å². The summed E-state index contributed by atoms with van der Waals surface area (Å²) in [4.78, 5) is 15.1. The van der Waals surface area contributed by atoms with Gasteiger partial charge < -0.3 is 10.2 Å². The SMILES string of the molecule is CNCC1CCC(N2CCN(C=O)CC2)CC1. The van der Waals surface area contributed by atoms with E-state index >= 15 is 0 Å². The van der Waals surface area contributed by atoms with E-state index in [1.165, 1.54) is 32.2 Å². The molecule has 0 aromatic rings. The van der Waals surface area contributed by atoms with Crippen LogP contribution in [0.5, 0.6) is 0 Å². The van der Waals surface area contributed by atoms with Gasteiger partial charge in [-0.05, 0) is 45.2 Å². The van der Waals surface area contributed by atoms with Gasteiger partial charge in [0.1, 0.15) is 0 Å². The van der Waals surface area contributed by atoms with Crippen molar-refractivity contribution in [2.75, 3.05) is 39.8 Å². The molecular formula is C13H25N3O. The molecule has 1 aliphatic carbocycles. The van der Waals surface area contributed by atoms with Gasteiger partial charge in [0.15, 0.2) is 0 Å². The number of hydrogen-bond acceptors (Lipinski definition) is 3. The lowest BCUT2D eigenvalue weighted by Gasteiger charge is -2.41.